The van der Waals surface area contributed by atoms with Crippen molar-refractivity contribution in [1.29, 1.82) is 5.26 Å². The topological polar surface area (TPSA) is 45.0 Å². The molecule has 1 atom stereocenters. The number of ether oxygens (including phenoxy) is 1. The molecule has 1 aromatic rings. The van der Waals surface area contributed by atoms with Gasteiger partial charge < -0.3 is 10.1 Å². The molecule has 0 spiro atoms. The lowest BCUT2D eigenvalue weighted by Gasteiger charge is -2.23. The maximum absolute atomic E-state index is 13.1. The maximum Gasteiger partial charge on any atom is 0.123 e. The molecule has 0 saturated carbocycles. The molecule has 0 aromatic heterocycles. The van der Waals surface area contributed by atoms with Crippen LogP contribution in [-0.4, -0.2) is 18.8 Å². The van der Waals surface area contributed by atoms with E-state index in [9.17, 15) is 4.39 Å². The van der Waals surface area contributed by atoms with Crippen molar-refractivity contribution >= 4 is 0 Å². The molecule has 0 bridgehead atoms. The predicted molar refractivity (Wildman–Crippen MR) is 66.4 cm³/mol. The fraction of sp³-hybridized carbons (Fsp3) is 0.500. The summed E-state index contributed by atoms with van der Waals surface area (Å²) in [5.41, 5.74) is 1.08. The van der Waals surface area contributed by atoms with E-state index >= 15 is 0 Å². The third-order valence-electron chi connectivity index (χ3n) is 3.30. The minimum Gasteiger partial charge on any atom is -0.374 e. The molecule has 3 nitrogen and oxygen atoms in total. The molecule has 2 rings (SSSR count). The molecule has 1 aliphatic heterocycles. The van der Waals surface area contributed by atoms with Gasteiger partial charge in [0.1, 0.15) is 5.82 Å². The van der Waals surface area contributed by atoms with Gasteiger partial charge in [-0.05, 0) is 43.5 Å². The molecule has 0 aliphatic carbocycles. The van der Waals surface area contributed by atoms with Crippen LogP contribution in [0.25, 0.3) is 0 Å². The molecule has 1 N–H and O–H groups in total. The van der Waals surface area contributed by atoms with E-state index in [0.29, 0.717) is 24.2 Å². The molecular weight excluding hydrogens is 231 g/mol. The number of halogens is 1. The van der Waals surface area contributed by atoms with Gasteiger partial charge in [-0.2, -0.15) is 5.26 Å². The lowest BCUT2D eigenvalue weighted by molar-refractivity contribution is 0.0207. The number of nitrogens with one attached hydrogen (secondary N) is 1. The van der Waals surface area contributed by atoms with Gasteiger partial charge in [0.2, 0.25) is 0 Å². The van der Waals surface area contributed by atoms with Gasteiger partial charge in [0.25, 0.3) is 0 Å². The summed E-state index contributed by atoms with van der Waals surface area (Å²) in [6, 6.07) is 6.30. The van der Waals surface area contributed by atoms with Gasteiger partial charge in [-0.1, -0.05) is 0 Å². The summed E-state index contributed by atoms with van der Waals surface area (Å²) in [5, 5.41) is 12.2. The van der Waals surface area contributed by atoms with E-state index in [1.165, 1.54) is 18.2 Å². The molecule has 1 aromatic carbocycles. The van der Waals surface area contributed by atoms with Gasteiger partial charge >= 0.3 is 0 Å². The van der Waals surface area contributed by atoms with Crippen molar-refractivity contribution in [3.05, 3.63) is 35.1 Å². The second kappa shape index (κ2) is 5.47. The quantitative estimate of drug-likeness (QED) is 0.889. The second-order valence-corrected chi connectivity index (χ2v) is 4.92. The van der Waals surface area contributed by atoms with Crippen LogP contribution >= 0.6 is 0 Å². The third kappa shape index (κ3) is 3.06. The summed E-state index contributed by atoms with van der Waals surface area (Å²) in [6.45, 7) is 4.08. The van der Waals surface area contributed by atoms with Crippen LogP contribution in [0.1, 0.15) is 30.9 Å². The van der Waals surface area contributed by atoms with E-state index in [1.54, 1.807) is 0 Å². The first-order valence-corrected chi connectivity index (χ1v) is 6.16. The van der Waals surface area contributed by atoms with Crippen LogP contribution in [0, 0.1) is 17.1 Å². The Morgan fingerprint density at radius 3 is 3.06 bits per heavy atom. The highest BCUT2D eigenvalue weighted by molar-refractivity contribution is 5.37. The van der Waals surface area contributed by atoms with Crippen LogP contribution in [0.15, 0.2) is 18.2 Å². The maximum atomic E-state index is 13.1. The fourth-order valence-electron chi connectivity index (χ4n) is 2.26. The molecule has 1 heterocycles. The normalized spacial score (nSPS) is 22.9. The van der Waals surface area contributed by atoms with Crippen LogP contribution in [0.3, 0.4) is 0 Å². The summed E-state index contributed by atoms with van der Waals surface area (Å²) in [4.78, 5) is 0. The highest BCUT2D eigenvalue weighted by Crippen LogP contribution is 2.24. The number of hydrogen-bond acceptors (Lipinski definition) is 3. The average Bonchev–Trinajstić information content (AvgIpc) is 2.77. The zero-order valence-corrected chi connectivity index (χ0v) is 10.5. The Balaban J connectivity index is 1.94. The standard InChI is InChI=1S/C14H17FN2O/c1-14(5-2-6-18-14)10-17-9-12-7-13(15)4-3-11(12)8-16/h3-4,7,17H,2,5-6,9-10H2,1H3. The smallest absolute Gasteiger partial charge is 0.123 e. The first kappa shape index (κ1) is 13.0. The van der Waals surface area contributed by atoms with Crippen molar-refractivity contribution in [1.82, 2.24) is 5.32 Å². The first-order valence-electron chi connectivity index (χ1n) is 6.16. The van der Waals surface area contributed by atoms with Crippen LogP contribution in [0.5, 0.6) is 0 Å². The van der Waals surface area contributed by atoms with Crippen molar-refractivity contribution in [2.45, 2.75) is 31.9 Å². The van der Waals surface area contributed by atoms with Crippen molar-refractivity contribution < 1.29 is 9.13 Å². The van der Waals surface area contributed by atoms with Crippen molar-refractivity contribution in [2.75, 3.05) is 13.2 Å². The molecule has 1 unspecified atom stereocenters. The summed E-state index contributed by atoms with van der Waals surface area (Å²) < 4.78 is 18.8. The largest absolute Gasteiger partial charge is 0.374 e. The number of nitrogens with zero attached hydrogens (tertiary/aromatic N) is 1. The van der Waals surface area contributed by atoms with E-state index in [0.717, 1.165) is 19.4 Å². The minimum absolute atomic E-state index is 0.125. The zero-order chi connectivity index (χ0) is 13.0. The molecule has 96 valence electrons. The molecule has 1 aliphatic rings. The summed E-state index contributed by atoms with van der Waals surface area (Å²) >= 11 is 0. The van der Waals surface area contributed by atoms with Gasteiger partial charge in [-0.25, -0.2) is 4.39 Å². The Morgan fingerprint density at radius 2 is 2.39 bits per heavy atom. The van der Waals surface area contributed by atoms with Crippen LogP contribution in [0.2, 0.25) is 0 Å². The predicted octanol–water partition coefficient (Wildman–Crippen LogP) is 2.36. The Labute approximate surface area is 107 Å². The van der Waals surface area contributed by atoms with E-state index in [4.69, 9.17) is 10.00 Å². The molecule has 0 radical (unpaired) electrons. The highest BCUT2D eigenvalue weighted by Gasteiger charge is 2.29. The fourth-order valence-corrected chi connectivity index (χ4v) is 2.26. The van der Waals surface area contributed by atoms with Crippen LogP contribution in [-0.2, 0) is 11.3 Å². The summed E-state index contributed by atoms with van der Waals surface area (Å²) in [6.07, 6.45) is 2.12. The van der Waals surface area contributed by atoms with Crippen LogP contribution in [0.4, 0.5) is 4.39 Å². The van der Waals surface area contributed by atoms with Gasteiger partial charge in [0.05, 0.1) is 17.2 Å². The second-order valence-electron chi connectivity index (χ2n) is 4.92. The lowest BCUT2D eigenvalue weighted by Crippen LogP contribution is -2.36. The monoisotopic (exact) mass is 248 g/mol. The number of nitriles is 1. The van der Waals surface area contributed by atoms with E-state index in [-0.39, 0.29) is 11.4 Å². The third-order valence-corrected chi connectivity index (χ3v) is 3.30. The highest BCUT2D eigenvalue weighted by atomic mass is 19.1. The number of hydrogen-bond donors (Lipinski definition) is 1. The average molecular weight is 248 g/mol. The molecule has 0 amide bonds. The van der Waals surface area contributed by atoms with E-state index in [1.807, 2.05) is 0 Å². The Morgan fingerprint density at radius 1 is 1.56 bits per heavy atom. The number of rotatable bonds is 4. The van der Waals surface area contributed by atoms with Gasteiger partial charge in [0.15, 0.2) is 0 Å². The van der Waals surface area contributed by atoms with Crippen molar-refractivity contribution in [3.63, 3.8) is 0 Å². The molecule has 1 saturated heterocycles. The van der Waals surface area contributed by atoms with Gasteiger partial charge in [0, 0.05) is 19.7 Å². The summed E-state index contributed by atoms with van der Waals surface area (Å²) in [5.74, 6) is -0.311. The minimum atomic E-state index is -0.311. The lowest BCUT2D eigenvalue weighted by atomic mass is 10.0. The Kier molecular flexibility index (Phi) is 3.95. The molecule has 4 heteroatoms. The van der Waals surface area contributed by atoms with E-state index < -0.39 is 0 Å². The zero-order valence-electron chi connectivity index (χ0n) is 10.5. The Bertz CT molecular complexity index is 461. The van der Waals surface area contributed by atoms with Crippen molar-refractivity contribution in [3.8, 4) is 6.07 Å². The molecular formula is C14H17FN2O. The van der Waals surface area contributed by atoms with Crippen molar-refractivity contribution in [2.24, 2.45) is 0 Å². The summed E-state index contributed by atoms with van der Waals surface area (Å²) in [7, 11) is 0. The first-order chi connectivity index (χ1) is 8.63. The van der Waals surface area contributed by atoms with Crippen LogP contribution < -0.4 is 5.32 Å². The Hall–Kier alpha value is -1.44. The SMILES string of the molecule is CC1(CNCc2cc(F)ccc2C#N)CCCO1. The van der Waals surface area contributed by atoms with E-state index in [2.05, 4.69) is 18.3 Å². The molecule has 1 fully saturated rings. The molecule has 18 heavy (non-hydrogen) atoms. The number of benzene rings is 1. The van der Waals surface area contributed by atoms with Gasteiger partial charge in [-0.3, -0.25) is 0 Å². The van der Waals surface area contributed by atoms with Gasteiger partial charge in [-0.15, -0.1) is 0 Å².